The van der Waals surface area contributed by atoms with Gasteiger partial charge in [-0.2, -0.15) is 0 Å². The molecule has 2 aliphatic heterocycles. The first-order valence-corrected chi connectivity index (χ1v) is 8.00. The summed E-state index contributed by atoms with van der Waals surface area (Å²) in [5, 5.41) is 3.18. The van der Waals surface area contributed by atoms with Crippen molar-refractivity contribution in [2.45, 2.75) is 49.0 Å². The van der Waals surface area contributed by atoms with Gasteiger partial charge in [0.05, 0.1) is 10.9 Å². The molecule has 0 aromatic carbocycles. The van der Waals surface area contributed by atoms with E-state index in [0.717, 1.165) is 45.2 Å². The van der Waals surface area contributed by atoms with E-state index >= 15 is 0 Å². The molecule has 2 saturated heterocycles. The minimum atomic E-state index is -3.06. The average molecular weight is 260 g/mol. The van der Waals surface area contributed by atoms with Gasteiger partial charge in [-0.25, -0.2) is 13.1 Å². The first-order chi connectivity index (χ1) is 8.10. The minimum Gasteiger partial charge on any atom is -0.373 e. The predicted octanol–water partition coefficient (Wildman–Crippen LogP) is -0.0207. The lowest BCUT2D eigenvalue weighted by molar-refractivity contribution is -0.0717. The highest BCUT2D eigenvalue weighted by atomic mass is 32.2. The first-order valence-electron chi connectivity index (χ1n) is 6.46. The molecule has 3 rings (SSSR count). The van der Waals surface area contributed by atoms with Crippen LogP contribution in [0.5, 0.6) is 0 Å². The van der Waals surface area contributed by atoms with E-state index in [2.05, 4.69) is 10.0 Å². The average Bonchev–Trinajstić information content (AvgIpc) is 3.04. The monoisotopic (exact) mass is 260 g/mol. The number of ether oxygens (including phenoxy) is 1. The van der Waals surface area contributed by atoms with E-state index in [1.165, 1.54) is 0 Å². The maximum Gasteiger partial charge on any atom is 0.214 e. The van der Waals surface area contributed by atoms with Crippen LogP contribution in [0.3, 0.4) is 0 Å². The Balaban J connectivity index is 1.64. The maximum absolute atomic E-state index is 11.9. The second-order valence-electron chi connectivity index (χ2n) is 5.51. The van der Waals surface area contributed by atoms with Crippen LogP contribution in [0, 0.1) is 0 Å². The van der Waals surface area contributed by atoms with Crippen molar-refractivity contribution in [1.29, 1.82) is 0 Å². The lowest BCUT2D eigenvalue weighted by Crippen LogP contribution is -2.50. The molecule has 2 N–H and O–H groups in total. The van der Waals surface area contributed by atoms with Crippen LogP contribution in [0.15, 0.2) is 0 Å². The summed E-state index contributed by atoms with van der Waals surface area (Å²) in [5.41, 5.74) is -0.116. The van der Waals surface area contributed by atoms with Crippen molar-refractivity contribution in [3.8, 4) is 0 Å². The molecular formula is C11H20N2O3S. The molecular weight excluding hydrogens is 240 g/mol. The summed E-state index contributed by atoms with van der Waals surface area (Å²) >= 11 is 0. The molecule has 98 valence electrons. The molecule has 0 radical (unpaired) electrons. The summed E-state index contributed by atoms with van der Waals surface area (Å²) in [6, 6.07) is 0.0641. The van der Waals surface area contributed by atoms with Crippen molar-refractivity contribution >= 4 is 10.0 Å². The van der Waals surface area contributed by atoms with Crippen LogP contribution in [0.2, 0.25) is 0 Å². The van der Waals surface area contributed by atoms with Crippen LogP contribution >= 0.6 is 0 Å². The third-order valence-corrected chi connectivity index (χ3v) is 6.00. The van der Waals surface area contributed by atoms with Gasteiger partial charge in [-0.1, -0.05) is 0 Å². The molecule has 0 aromatic rings. The number of hydrogen-bond donors (Lipinski definition) is 2. The van der Waals surface area contributed by atoms with Crippen molar-refractivity contribution in [3.63, 3.8) is 0 Å². The molecule has 5 nitrogen and oxygen atoms in total. The Morgan fingerprint density at radius 1 is 1.29 bits per heavy atom. The molecule has 2 heterocycles. The predicted molar refractivity (Wildman–Crippen MR) is 64.3 cm³/mol. The van der Waals surface area contributed by atoms with Gasteiger partial charge in [-0.3, -0.25) is 0 Å². The van der Waals surface area contributed by atoms with Crippen LogP contribution in [0.25, 0.3) is 0 Å². The molecule has 0 amide bonds. The summed E-state index contributed by atoms with van der Waals surface area (Å²) in [7, 11) is -3.06. The molecule has 2 atom stereocenters. The maximum atomic E-state index is 11.9. The quantitative estimate of drug-likeness (QED) is 0.748. The second-order valence-corrected chi connectivity index (χ2v) is 7.50. The van der Waals surface area contributed by atoms with Gasteiger partial charge < -0.3 is 10.1 Å². The molecule has 0 aromatic heterocycles. The van der Waals surface area contributed by atoms with E-state index < -0.39 is 10.0 Å². The molecule has 6 heteroatoms. The van der Waals surface area contributed by atoms with Gasteiger partial charge in [-0.15, -0.1) is 0 Å². The van der Waals surface area contributed by atoms with Gasteiger partial charge in [0.15, 0.2) is 0 Å². The third-order valence-electron chi connectivity index (χ3n) is 3.99. The highest BCUT2D eigenvalue weighted by Crippen LogP contribution is 2.33. The Bertz CT molecular complexity index is 386. The SMILES string of the molecule is O=S(=O)(N[C@H]1CCO[C@]2(CCNC2)C1)C1CC1. The van der Waals surface area contributed by atoms with Crippen LogP contribution in [-0.4, -0.2) is 45.0 Å². The van der Waals surface area contributed by atoms with Crippen molar-refractivity contribution in [1.82, 2.24) is 10.0 Å². The second kappa shape index (κ2) is 4.19. The van der Waals surface area contributed by atoms with Crippen molar-refractivity contribution in [3.05, 3.63) is 0 Å². The van der Waals surface area contributed by atoms with E-state index in [1.807, 2.05) is 0 Å². The molecule has 0 unspecified atom stereocenters. The zero-order valence-electron chi connectivity index (χ0n) is 9.94. The fourth-order valence-corrected chi connectivity index (χ4v) is 4.47. The fourth-order valence-electron chi connectivity index (χ4n) is 2.85. The molecule has 1 saturated carbocycles. The number of nitrogens with one attached hydrogen (secondary N) is 2. The van der Waals surface area contributed by atoms with E-state index in [4.69, 9.17) is 4.74 Å². The molecule has 3 fully saturated rings. The highest BCUT2D eigenvalue weighted by Gasteiger charge is 2.43. The van der Waals surface area contributed by atoms with Crippen LogP contribution in [0.4, 0.5) is 0 Å². The van der Waals surface area contributed by atoms with Crippen LogP contribution < -0.4 is 10.0 Å². The minimum absolute atomic E-state index is 0.0641. The molecule has 1 aliphatic carbocycles. The van der Waals surface area contributed by atoms with Gasteiger partial charge in [0, 0.05) is 19.2 Å². The van der Waals surface area contributed by atoms with Crippen molar-refractivity contribution in [2.24, 2.45) is 0 Å². The Morgan fingerprint density at radius 2 is 2.12 bits per heavy atom. The standard InChI is InChI=1S/C11H20N2O3S/c14-17(15,10-1-2-10)13-9-3-6-16-11(7-9)4-5-12-8-11/h9-10,12-13H,1-8H2/t9-,11+/m0/s1. The molecule has 17 heavy (non-hydrogen) atoms. The van der Waals surface area contributed by atoms with Crippen LogP contribution in [0.1, 0.15) is 32.1 Å². The lowest BCUT2D eigenvalue weighted by Gasteiger charge is -2.37. The van der Waals surface area contributed by atoms with Crippen LogP contribution in [-0.2, 0) is 14.8 Å². The smallest absolute Gasteiger partial charge is 0.214 e. The van der Waals surface area contributed by atoms with Crippen molar-refractivity contribution < 1.29 is 13.2 Å². The summed E-state index contributed by atoms with van der Waals surface area (Å²) in [5.74, 6) is 0. The first kappa shape index (κ1) is 11.9. The Hall–Kier alpha value is -0.170. The fraction of sp³-hybridized carbons (Fsp3) is 1.00. The molecule has 3 aliphatic rings. The summed E-state index contributed by atoms with van der Waals surface area (Å²) < 4.78 is 32.5. The van der Waals surface area contributed by atoms with E-state index in [-0.39, 0.29) is 16.9 Å². The number of hydrogen-bond acceptors (Lipinski definition) is 4. The van der Waals surface area contributed by atoms with Gasteiger partial charge in [0.2, 0.25) is 10.0 Å². The Labute approximate surface area is 102 Å². The summed E-state index contributed by atoms with van der Waals surface area (Å²) in [6.07, 6.45) is 4.25. The number of rotatable bonds is 3. The highest BCUT2D eigenvalue weighted by molar-refractivity contribution is 7.90. The largest absolute Gasteiger partial charge is 0.373 e. The molecule has 1 spiro atoms. The van der Waals surface area contributed by atoms with Gasteiger partial charge in [0.25, 0.3) is 0 Å². The lowest BCUT2D eigenvalue weighted by atomic mass is 9.90. The van der Waals surface area contributed by atoms with Gasteiger partial charge >= 0.3 is 0 Å². The third kappa shape index (κ3) is 2.50. The number of sulfonamides is 1. The van der Waals surface area contributed by atoms with Crippen molar-refractivity contribution in [2.75, 3.05) is 19.7 Å². The Morgan fingerprint density at radius 3 is 2.76 bits per heavy atom. The summed E-state index contributed by atoms with van der Waals surface area (Å²) in [6.45, 7) is 2.50. The topological polar surface area (TPSA) is 67.4 Å². The Kier molecular flexibility index (Phi) is 2.93. The normalized spacial score (nSPS) is 38.7. The zero-order valence-corrected chi connectivity index (χ0v) is 10.8. The van der Waals surface area contributed by atoms with Gasteiger partial charge in [-0.05, 0) is 38.6 Å². The molecule has 0 bridgehead atoms. The van der Waals surface area contributed by atoms with E-state index in [1.54, 1.807) is 0 Å². The van der Waals surface area contributed by atoms with Gasteiger partial charge in [0.1, 0.15) is 0 Å². The zero-order chi connectivity index (χ0) is 11.9. The van der Waals surface area contributed by atoms with E-state index in [0.29, 0.717) is 6.61 Å². The van der Waals surface area contributed by atoms with E-state index in [9.17, 15) is 8.42 Å². The summed E-state index contributed by atoms with van der Waals surface area (Å²) in [4.78, 5) is 0.